The Labute approximate surface area is 315 Å². The minimum atomic E-state index is -2.41. The van der Waals surface area contributed by atoms with Crippen LogP contribution in [0.1, 0.15) is 53.4 Å². The third-order valence-corrected chi connectivity index (χ3v) is 15.5. The first kappa shape index (κ1) is 36.5. The molecule has 294 valence electrons. The zero-order chi connectivity index (χ0) is 39.5. The molecular weight excluding hydrogens is 720 g/mol. The van der Waals surface area contributed by atoms with E-state index in [-0.39, 0.29) is 59.0 Å². The minimum absolute atomic E-state index is 0.0109. The molecule has 9 aliphatic rings. The van der Waals surface area contributed by atoms with E-state index in [4.69, 9.17) is 23.7 Å². The summed E-state index contributed by atoms with van der Waals surface area (Å²) in [6.45, 7) is 5.14. The summed E-state index contributed by atoms with van der Waals surface area (Å²) in [5.41, 5.74) is -3.02. The molecule has 2 aliphatic heterocycles. The van der Waals surface area contributed by atoms with E-state index in [1.165, 1.54) is 27.0 Å². The van der Waals surface area contributed by atoms with Gasteiger partial charge in [0.25, 0.3) is 0 Å². The number of aliphatic hydroxyl groups excluding tert-OH is 3. The van der Waals surface area contributed by atoms with Crippen molar-refractivity contribution in [3.8, 4) is 0 Å². The molecule has 0 saturated heterocycles. The Balaban J connectivity index is 1.27. The molecule has 15 heteroatoms. The van der Waals surface area contributed by atoms with Crippen LogP contribution in [-0.4, -0.2) is 113 Å². The monoisotopic (exact) mass is 764 g/mol. The third kappa shape index (κ3) is 4.35. The molecule has 9 rings (SSSR count). The number of hydrogen-bond donors (Lipinski definition) is 4. The fraction of sp³-hybridized carbons (Fsp3) is 0.650. The second kappa shape index (κ2) is 11.5. The van der Waals surface area contributed by atoms with Gasteiger partial charge < -0.3 is 44.1 Å². The quantitative estimate of drug-likeness (QED) is 0.122. The summed E-state index contributed by atoms with van der Waals surface area (Å²) in [5.74, 6) is -8.59. The number of allylic oxidation sites excluding steroid dienone is 1. The third-order valence-electron chi connectivity index (χ3n) is 15.5. The van der Waals surface area contributed by atoms with Crippen molar-refractivity contribution in [1.82, 2.24) is 0 Å². The van der Waals surface area contributed by atoms with Crippen molar-refractivity contribution in [2.75, 3.05) is 26.9 Å². The average Bonchev–Trinajstić information content (AvgIpc) is 4.08. The van der Waals surface area contributed by atoms with Crippen LogP contribution in [0.3, 0.4) is 0 Å². The van der Waals surface area contributed by atoms with Gasteiger partial charge in [0.05, 0.1) is 18.6 Å². The molecule has 5 saturated carbocycles. The number of hydrogen-bond acceptors (Lipinski definition) is 15. The highest BCUT2D eigenvalue weighted by Crippen LogP contribution is 2.83. The summed E-state index contributed by atoms with van der Waals surface area (Å²) in [7, 11) is 1.18. The SMILES string of the molecule is COC(=O)/C(C)=C1\C(=O)[C@H](O)[C@]2(C)C3=C(C[C@@H]4[C@]5(OC(=O)C6=C5C[C@H]5[C@](O)(COC(=O)/C(C)=C/COC(=O)[C@@H](O)[C@H](O)C(=O)OC6)[C@H]6C[C@H]6[C@]45C)[C@H]31)[C@H]1C[C@H]12. The number of aliphatic hydroxyl groups is 4. The zero-order valence-corrected chi connectivity index (χ0v) is 31.1. The smallest absolute Gasteiger partial charge is 0.338 e. The fourth-order valence-corrected chi connectivity index (χ4v) is 12.7. The first-order valence-electron chi connectivity index (χ1n) is 18.9. The summed E-state index contributed by atoms with van der Waals surface area (Å²) in [5, 5.41) is 45.6. The minimum Gasteiger partial charge on any atom is -0.466 e. The highest BCUT2D eigenvalue weighted by atomic mass is 16.6. The molecule has 2 heterocycles. The molecule has 0 unspecified atom stereocenters. The Hall–Kier alpha value is -4.18. The van der Waals surface area contributed by atoms with Gasteiger partial charge in [-0.2, -0.15) is 0 Å². The van der Waals surface area contributed by atoms with Gasteiger partial charge in [0.1, 0.15) is 37.1 Å². The number of ketones is 1. The molecule has 1 spiro atoms. The molecule has 0 amide bonds. The van der Waals surface area contributed by atoms with E-state index in [9.17, 15) is 49.2 Å². The number of ether oxygens (including phenoxy) is 5. The predicted octanol–water partition coefficient (Wildman–Crippen LogP) is 0.319. The lowest BCUT2D eigenvalue weighted by Gasteiger charge is -2.63. The highest BCUT2D eigenvalue weighted by Gasteiger charge is 2.84. The van der Waals surface area contributed by atoms with Crippen molar-refractivity contribution in [3.63, 3.8) is 0 Å². The maximum atomic E-state index is 14.6. The Morgan fingerprint density at radius 1 is 0.891 bits per heavy atom. The lowest BCUT2D eigenvalue weighted by atomic mass is 9.42. The van der Waals surface area contributed by atoms with Gasteiger partial charge >= 0.3 is 29.8 Å². The van der Waals surface area contributed by atoms with E-state index in [0.29, 0.717) is 18.4 Å². The van der Waals surface area contributed by atoms with Gasteiger partial charge in [-0.3, -0.25) is 4.79 Å². The van der Waals surface area contributed by atoms with Crippen LogP contribution in [0.2, 0.25) is 0 Å². The molecule has 0 radical (unpaired) electrons. The molecule has 7 aliphatic carbocycles. The number of carbonyl (C=O) groups excluding carboxylic acids is 6. The predicted molar refractivity (Wildman–Crippen MR) is 181 cm³/mol. The first-order chi connectivity index (χ1) is 25.9. The molecular formula is C40H44O15. The normalized spacial score (nSPS) is 48.7. The lowest BCUT2D eigenvalue weighted by molar-refractivity contribution is -0.191. The molecule has 14 atom stereocenters. The average molecular weight is 765 g/mol. The first-order valence-corrected chi connectivity index (χ1v) is 18.9. The number of carbonyl (C=O) groups is 6. The van der Waals surface area contributed by atoms with E-state index in [2.05, 4.69) is 6.92 Å². The number of cyclic esters (lactones) is 3. The summed E-state index contributed by atoms with van der Waals surface area (Å²) in [6, 6.07) is 0. The second-order valence-electron chi connectivity index (χ2n) is 17.5. The van der Waals surface area contributed by atoms with Crippen LogP contribution in [-0.2, 0) is 52.5 Å². The molecule has 0 aromatic carbocycles. The Morgan fingerprint density at radius 2 is 1.58 bits per heavy atom. The van der Waals surface area contributed by atoms with E-state index in [1.54, 1.807) is 0 Å². The van der Waals surface area contributed by atoms with Crippen LogP contribution in [0, 0.1) is 52.3 Å². The standard InChI is InChI=1S/C40H44O15/c1-14-6-7-52-35(48)29(42)30(43)36(49)53-12-18-20-11-23-37(3,21-10-22(21)39(23,50)13-54-32(14)45)24-9-17-16-8-19(16)38(4)26(17)27(40(20,24)55-34(18)47)25(28(41)31(38)44)15(2)33(46)51-5/h6,16,19,21-24,27,29-31,42-44,50H,7-13H2,1-5H3/b14-6+,25-15-/t16-,19-,21-,22+,23-,24+,27+,29+,30+,31+,37+,38+,39+,40+/m1/s1. The van der Waals surface area contributed by atoms with Crippen LogP contribution in [0.25, 0.3) is 0 Å². The van der Waals surface area contributed by atoms with Crippen LogP contribution in [0.5, 0.6) is 0 Å². The number of methoxy groups -OCH3 is 1. The fourth-order valence-electron chi connectivity index (χ4n) is 12.7. The second-order valence-corrected chi connectivity index (χ2v) is 17.5. The van der Waals surface area contributed by atoms with E-state index < -0.39 is 107 Å². The Bertz CT molecular complexity index is 2040. The summed E-state index contributed by atoms with van der Waals surface area (Å²) in [6.07, 6.45) is -3.28. The summed E-state index contributed by atoms with van der Waals surface area (Å²) >= 11 is 0. The van der Waals surface area contributed by atoms with Crippen LogP contribution in [0.4, 0.5) is 0 Å². The molecule has 4 N–H and O–H groups in total. The summed E-state index contributed by atoms with van der Waals surface area (Å²) < 4.78 is 27.8. The van der Waals surface area contributed by atoms with Crippen molar-refractivity contribution in [2.45, 2.75) is 82.9 Å². The lowest BCUT2D eigenvalue weighted by Crippen LogP contribution is -2.67. The van der Waals surface area contributed by atoms with Crippen molar-refractivity contribution >= 4 is 35.6 Å². The van der Waals surface area contributed by atoms with Crippen molar-refractivity contribution < 1.29 is 72.9 Å². The molecule has 2 bridgehead atoms. The maximum Gasteiger partial charge on any atom is 0.338 e. The van der Waals surface area contributed by atoms with Gasteiger partial charge in [0, 0.05) is 34.0 Å². The van der Waals surface area contributed by atoms with E-state index in [0.717, 1.165) is 17.6 Å². The highest BCUT2D eigenvalue weighted by molar-refractivity contribution is 6.09. The van der Waals surface area contributed by atoms with Gasteiger partial charge in [-0.1, -0.05) is 19.4 Å². The van der Waals surface area contributed by atoms with Gasteiger partial charge in [-0.25, -0.2) is 24.0 Å². The molecule has 0 aromatic heterocycles. The topological polar surface area (TPSA) is 229 Å². The van der Waals surface area contributed by atoms with Crippen molar-refractivity contribution in [1.29, 1.82) is 0 Å². The molecule has 5 fully saturated rings. The van der Waals surface area contributed by atoms with Gasteiger partial charge in [0.15, 0.2) is 18.0 Å². The number of esters is 5. The summed E-state index contributed by atoms with van der Waals surface area (Å²) in [4.78, 5) is 81.1. The molecule has 0 aromatic rings. The number of Topliss-reactive ketones (excluding diaryl/α,β-unsaturated/α-hetero) is 1. The number of fused-ring (bicyclic) bond motifs is 7. The Kier molecular flexibility index (Phi) is 7.59. The maximum absolute atomic E-state index is 14.6. The van der Waals surface area contributed by atoms with Crippen LogP contribution >= 0.6 is 0 Å². The van der Waals surface area contributed by atoms with Crippen molar-refractivity contribution in [2.24, 2.45) is 52.3 Å². The van der Waals surface area contributed by atoms with Gasteiger partial charge in [-0.15, -0.1) is 0 Å². The Morgan fingerprint density at radius 3 is 2.27 bits per heavy atom. The van der Waals surface area contributed by atoms with Gasteiger partial charge in [0.2, 0.25) is 0 Å². The van der Waals surface area contributed by atoms with Crippen LogP contribution in [0.15, 0.2) is 45.1 Å². The van der Waals surface area contributed by atoms with Crippen molar-refractivity contribution in [3.05, 3.63) is 45.1 Å². The van der Waals surface area contributed by atoms with Gasteiger partial charge in [-0.05, 0) is 85.8 Å². The van der Waals surface area contributed by atoms with E-state index >= 15 is 0 Å². The number of rotatable bonds is 1. The largest absolute Gasteiger partial charge is 0.466 e. The molecule has 55 heavy (non-hydrogen) atoms. The van der Waals surface area contributed by atoms with Crippen LogP contribution < -0.4 is 0 Å². The molecule has 15 nitrogen and oxygen atoms in total. The van der Waals surface area contributed by atoms with E-state index in [1.807, 2.05) is 6.92 Å². The zero-order valence-electron chi connectivity index (χ0n) is 31.1.